The Morgan fingerprint density at radius 3 is 1.10 bits per heavy atom. The zero-order valence-electron chi connectivity index (χ0n) is 56.6. The Hall–Kier alpha value is -8.90. The van der Waals surface area contributed by atoms with Crippen LogP contribution in [0.2, 0.25) is 0 Å². The van der Waals surface area contributed by atoms with Gasteiger partial charge in [0.2, 0.25) is 0 Å². The average Bonchev–Trinajstić information content (AvgIpc) is 1.62. The predicted molar refractivity (Wildman–Crippen MR) is 341 cm³/mol. The quantitative estimate of drug-likeness (QED) is 0.138. The van der Waals surface area contributed by atoms with E-state index in [9.17, 15) is 85.0 Å². The highest BCUT2D eigenvalue weighted by Crippen LogP contribution is 2.45. The molecule has 0 atom stereocenters. The van der Waals surface area contributed by atoms with E-state index < -0.39 is 105 Å². The Morgan fingerprint density at radius 2 is 0.767 bits per heavy atom. The van der Waals surface area contributed by atoms with Crippen molar-refractivity contribution in [2.75, 3.05) is 45.8 Å². The van der Waals surface area contributed by atoms with Crippen LogP contribution in [0.1, 0.15) is 219 Å². The van der Waals surface area contributed by atoms with Gasteiger partial charge in [0, 0.05) is 86.0 Å². The summed E-state index contributed by atoms with van der Waals surface area (Å²) in [6.07, 6.45) is -4.15. The topological polar surface area (TPSA) is 220 Å². The van der Waals surface area contributed by atoms with Gasteiger partial charge in [-0.1, -0.05) is 25.6 Å². The number of alkyl halides is 9. The minimum Gasteiger partial charge on any atom is -0.444 e. The lowest BCUT2D eigenvalue weighted by molar-refractivity contribution is -0.191. The van der Waals surface area contributed by atoms with Gasteiger partial charge in [0.05, 0.1) is 29.4 Å². The standard InChI is InChI=1S/2C20H20F5N3O.C17H20F5NO2.C11H17N3O2.CO2.CH4/c2*21-14-6-5-12(16(17(14)22)20(23,24)25)11-7-9-28(10-8-11)19(29)18-13-3-1-2-4-15(13)26-27-18;1-16(2,3)25-15(24)23-8-6-10(7-9-23)11-4-5-12(18)14(19)13(11)17(20,21)22;1-11(2,3)16-10(15)14-5-4-9-8(7-14)6-12-13-9;2-1-3;/h2*5-6,11H,1-4,7-10H2,(H,26,27);4-5,10H,6-9H2,1-3H3;6H,4-5,7H2,1-3H3,(H,12,13);;1H4. The van der Waals surface area contributed by atoms with Gasteiger partial charge in [-0.3, -0.25) is 24.9 Å². The summed E-state index contributed by atoms with van der Waals surface area (Å²) in [6, 6.07) is 5.16. The molecule has 4 aliphatic heterocycles. The van der Waals surface area contributed by atoms with Crippen LogP contribution in [0.15, 0.2) is 42.6 Å². The van der Waals surface area contributed by atoms with Crippen LogP contribution in [-0.4, -0.2) is 137 Å². The maximum atomic E-state index is 13.9. The number of likely N-dealkylation sites (tertiary alicyclic amines) is 3. The maximum Gasteiger partial charge on any atom is 0.419 e. The summed E-state index contributed by atoms with van der Waals surface area (Å²) in [6.45, 7) is 13.4. The fraction of sp³-hybridized carbons (Fsp3) is 0.543. The molecule has 3 N–H and O–H groups in total. The molecule has 0 radical (unpaired) electrons. The van der Waals surface area contributed by atoms with Crippen molar-refractivity contribution >= 4 is 30.2 Å². The number of rotatable bonds is 5. The van der Waals surface area contributed by atoms with Crippen molar-refractivity contribution < 1.29 is 104 Å². The second-order valence-electron chi connectivity index (χ2n) is 27.4. The summed E-state index contributed by atoms with van der Waals surface area (Å²) in [5, 5.41) is 21.1. The molecule has 33 heteroatoms. The van der Waals surface area contributed by atoms with Gasteiger partial charge in [-0.25, -0.2) is 35.9 Å². The van der Waals surface area contributed by atoms with Gasteiger partial charge in [-0.15, -0.1) is 0 Å². The first kappa shape index (κ1) is 81.4. The number of halogens is 15. The number of amides is 4. The smallest absolute Gasteiger partial charge is 0.419 e. The van der Waals surface area contributed by atoms with Gasteiger partial charge in [0.15, 0.2) is 46.3 Å². The monoisotopic (exact) mass is 1470 g/mol. The van der Waals surface area contributed by atoms with Gasteiger partial charge >= 0.3 is 36.9 Å². The molecule has 2 aliphatic carbocycles. The number of aromatic amines is 3. The molecule has 3 saturated heterocycles. The number of fused-ring (bicyclic) bond motifs is 3. The first-order valence-electron chi connectivity index (χ1n) is 33.1. The third kappa shape index (κ3) is 20.3. The average molecular weight is 1480 g/mol. The molecule has 6 aromatic rings. The van der Waals surface area contributed by atoms with Crippen LogP contribution >= 0.6 is 0 Å². The molecule has 7 heterocycles. The normalized spacial score (nSPS) is 16.8. The molecule has 3 fully saturated rings. The van der Waals surface area contributed by atoms with Gasteiger partial charge in [0.1, 0.15) is 11.2 Å². The van der Waals surface area contributed by atoms with Gasteiger partial charge in [-0.2, -0.15) is 64.4 Å². The summed E-state index contributed by atoms with van der Waals surface area (Å²) in [5.74, 6) is -12.4. The SMILES string of the molecule is C.CC(C)(C)OC(=O)N1CCC(c2ccc(F)c(F)c2C(F)(F)F)CC1.CC(C)(C)OC(=O)N1CCc2[nH]ncc2C1.O=C(c1n[nH]c2c1CCCC2)N1CCC(c2ccc(F)c(F)c2C(F)(F)F)CC1.O=C(c1n[nH]c2c1CCCC2)N1CCC(c2ccc(F)c(F)c2C(F)(F)F)CC1.O=C=O. The number of aryl methyl sites for hydroxylation is 2. The van der Waals surface area contributed by atoms with Crippen LogP contribution in [0.4, 0.5) is 75.4 Å². The van der Waals surface area contributed by atoms with E-state index in [1.807, 2.05) is 20.8 Å². The number of ether oxygens (including phenoxy) is 2. The van der Waals surface area contributed by atoms with Crippen molar-refractivity contribution in [3.05, 3.63) is 156 Å². The van der Waals surface area contributed by atoms with Gasteiger partial charge < -0.3 is 29.1 Å². The van der Waals surface area contributed by atoms with Gasteiger partial charge in [0.25, 0.3) is 11.8 Å². The molecule has 3 aromatic carbocycles. The molecule has 4 amide bonds. The van der Waals surface area contributed by atoms with E-state index in [0.29, 0.717) is 30.5 Å². The van der Waals surface area contributed by atoms with Crippen molar-refractivity contribution in [2.24, 2.45) is 0 Å². The van der Waals surface area contributed by atoms with Crippen molar-refractivity contribution in [3.63, 3.8) is 0 Å². The molecule has 564 valence electrons. The molecular formula is C70H81F15N10O8. The van der Waals surface area contributed by atoms with Crippen molar-refractivity contribution in [1.82, 2.24) is 50.2 Å². The Labute approximate surface area is 583 Å². The second-order valence-corrected chi connectivity index (χ2v) is 27.4. The van der Waals surface area contributed by atoms with Crippen molar-refractivity contribution in [2.45, 2.75) is 199 Å². The zero-order chi connectivity index (χ0) is 75.0. The third-order valence-corrected chi connectivity index (χ3v) is 18.2. The zero-order valence-corrected chi connectivity index (χ0v) is 56.6. The fourth-order valence-corrected chi connectivity index (χ4v) is 13.4. The van der Waals surface area contributed by atoms with Crippen molar-refractivity contribution in [3.8, 4) is 0 Å². The fourth-order valence-electron chi connectivity index (χ4n) is 13.4. The summed E-state index contributed by atoms with van der Waals surface area (Å²) < 4.78 is 211. The number of carbonyl (C=O) groups excluding carboxylic acids is 6. The largest absolute Gasteiger partial charge is 0.444 e. The molecule has 0 bridgehead atoms. The number of aromatic nitrogens is 6. The Bertz CT molecular complexity index is 3820. The summed E-state index contributed by atoms with van der Waals surface area (Å²) in [7, 11) is 0. The van der Waals surface area contributed by atoms with E-state index in [2.05, 4.69) is 30.6 Å². The molecule has 6 aliphatic rings. The summed E-state index contributed by atoms with van der Waals surface area (Å²) in [4.78, 5) is 72.1. The molecule has 3 aromatic heterocycles. The van der Waals surface area contributed by atoms with Crippen molar-refractivity contribution in [1.29, 1.82) is 0 Å². The maximum absolute atomic E-state index is 13.9. The molecule has 0 spiro atoms. The molecule has 0 saturated carbocycles. The summed E-state index contributed by atoms with van der Waals surface area (Å²) in [5.41, 5.74) is 0.308. The number of nitrogens with one attached hydrogen (secondary N) is 3. The number of H-pyrrole nitrogens is 3. The molecule has 18 nitrogen and oxygen atoms in total. The minimum atomic E-state index is -4.98. The number of nitrogens with zero attached hydrogens (tertiary/aromatic N) is 7. The Balaban J connectivity index is 0.000000193. The van der Waals surface area contributed by atoms with Crippen LogP contribution in [0.3, 0.4) is 0 Å². The first-order valence-corrected chi connectivity index (χ1v) is 33.1. The first-order chi connectivity index (χ1) is 47.8. The second kappa shape index (κ2) is 33.7. The molecule has 0 unspecified atom stereocenters. The highest BCUT2D eigenvalue weighted by molar-refractivity contribution is 5.95. The molecule has 103 heavy (non-hydrogen) atoms. The van der Waals surface area contributed by atoms with E-state index in [4.69, 9.17) is 19.1 Å². The van der Waals surface area contributed by atoms with Crippen LogP contribution in [0.5, 0.6) is 0 Å². The van der Waals surface area contributed by atoms with E-state index in [0.717, 1.165) is 122 Å². The lowest BCUT2D eigenvalue weighted by Gasteiger charge is -2.34. The van der Waals surface area contributed by atoms with Gasteiger partial charge in [-0.05, 0) is 184 Å². The number of hydrogen-bond donors (Lipinski definition) is 3. The van der Waals surface area contributed by atoms with E-state index in [-0.39, 0.29) is 126 Å². The van der Waals surface area contributed by atoms with E-state index >= 15 is 0 Å². The van der Waals surface area contributed by atoms with E-state index in [1.165, 1.54) is 4.90 Å². The van der Waals surface area contributed by atoms with Crippen LogP contribution in [0, 0.1) is 34.9 Å². The third-order valence-electron chi connectivity index (χ3n) is 18.2. The molecule has 12 rings (SSSR count). The summed E-state index contributed by atoms with van der Waals surface area (Å²) >= 11 is 0. The Morgan fingerprint density at radius 1 is 0.447 bits per heavy atom. The Kier molecular flexibility index (Phi) is 26.6. The molecular weight excluding hydrogens is 1390 g/mol. The highest BCUT2D eigenvalue weighted by Gasteiger charge is 2.45. The highest BCUT2D eigenvalue weighted by atomic mass is 19.4. The van der Waals surface area contributed by atoms with E-state index in [1.54, 1.807) is 41.7 Å². The lowest BCUT2D eigenvalue weighted by Crippen LogP contribution is -2.41. The predicted octanol–water partition coefficient (Wildman–Crippen LogP) is 16.1. The van der Waals surface area contributed by atoms with Crippen LogP contribution in [-0.2, 0) is 76.2 Å². The van der Waals surface area contributed by atoms with Crippen LogP contribution < -0.4 is 0 Å². The number of carbonyl (C=O) groups is 4. The number of benzene rings is 3. The minimum absolute atomic E-state index is 0. The lowest BCUT2D eigenvalue weighted by atomic mass is 9.85. The number of piperidine rings is 3. The number of hydrogen-bond acceptors (Lipinski definition) is 11. The van der Waals surface area contributed by atoms with Crippen LogP contribution in [0.25, 0.3) is 0 Å².